The Balaban J connectivity index is 1.69. The zero-order valence-corrected chi connectivity index (χ0v) is 15.1. The Morgan fingerprint density at radius 3 is 2.52 bits per heavy atom. The van der Waals surface area contributed by atoms with Crippen LogP contribution < -0.4 is 10.1 Å². The van der Waals surface area contributed by atoms with E-state index in [9.17, 15) is 9.59 Å². The Kier molecular flexibility index (Phi) is 7.10. The zero-order valence-electron chi connectivity index (χ0n) is 13.6. The van der Waals surface area contributed by atoms with Gasteiger partial charge in [-0.2, -0.15) is 0 Å². The molecule has 0 radical (unpaired) electrons. The second-order valence-electron chi connectivity index (χ2n) is 5.15. The fourth-order valence-electron chi connectivity index (χ4n) is 1.97. The van der Waals surface area contributed by atoms with Gasteiger partial charge in [-0.3, -0.25) is 9.59 Å². The molecule has 0 bridgehead atoms. The molecule has 2 aromatic rings. The van der Waals surface area contributed by atoms with E-state index >= 15 is 0 Å². The Labute approximate surface area is 155 Å². The van der Waals surface area contributed by atoms with Crippen LogP contribution in [-0.2, 0) is 9.53 Å². The second kappa shape index (κ2) is 9.30. The molecule has 132 valence electrons. The predicted octanol–water partition coefficient (Wildman–Crippen LogP) is 3.65. The zero-order chi connectivity index (χ0) is 18.2. The molecule has 1 amide bonds. The maximum Gasteiger partial charge on any atom is 0.325 e. The number of aryl methyl sites for hydroxylation is 1. The van der Waals surface area contributed by atoms with Crippen LogP contribution in [0.4, 0.5) is 0 Å². The molecule has 2 rings (SSSR count). The van der Waals surface area contributed by atoms with Crippen LogP contribution in [0, 0.1) is 6.92 Å². The summed E-state index contributed by atoms with van der Waals surface area (Å²) in [6.45, 7) is 2.01. The van der Waals surface area contributed by atoms with Crippen LogP contribution >= 0.6 is 23.2 Å². The highest BCUT2D eigenvalue weighted by Gasteiger charge is 2.10. The number of hydrogen-bond acceptors (Lipinski definition) is 4. The lowest BCUT2D eigenvalue weighted by Crippen LogP contribution is -2.31. The van der Waals surface area contributed by atoms with Crippen LogP contribution in [0.25, 0.3) is 0 Å². The number of amides is 1. The van der Waals surface area contributed by atoms with Crippen molar-refractivity contribution in [2.24, 2.45) is 0 Å². The van der Waals surface area contributed by atoms with E-state index in [1.54, 1.807) is 0 Å². The molecule has 7 heteroatoms. The normalized spacial score (nSPS) is 10.2. The van der Waals surface area contributed by atoms with Gasteiger partial charge in [0.15, 0.2) is 0 Å². The van der Waals surface area contributed by atoms with Crippen molar-refractivity contribution in [2.45, 2.75) is 6.92 Å². The number of rotatable bonds is 7. The van der Waals surface area contributed by atoms with Gasteiger partial charge in [-0.1, -0.05) is 41.4 Å². The first-order valence-corrected chi connectivity index (χ1v) is 8.30. The summed E-state index contributed by atoms with van der Waals surface area (Å²) in [5, 5.41) is 3.08. The van der Waals surface area contributed by atoms with Crippen molar-refractivity contribution in [3.8, 4) is 5.75 Å². The molecule has 5 nitrogen and oxygen atoms in total. The standard InChI is InChI=1S/C18H17Cl2NO4/c1-12-4-2-3-5-16(12)24-8-9-25-17(22)11-21-18(23)13-6-7-14(19)15(20)10-13/h2-7,10H,8-9,11H2,1H3,(H,21,23). The molecule has 0 unspecified atom stereocenters. The maximum atomic E-state index is 11.9. The van der Waals surface area contributed by atoms with Gasteiger partial charge in [0.25, 0.3) is 5.91 Å². The lowest BCUT2D eigenvalue weighted by atomic mass is 10.2. The van der Waals surface area contributed by atoms with E-state index in [1.165, 1.54) is 18.2 Å². The highest BCUT2D eigenvalue weighted by atomic mass is 35.5. The third kappa shape index (κ3) is 5.96. The summed E-state index contributed by atoms with van der Waals surface area (Å²) >= 11 is 11.6. The summed E-state index contributed by atoms with van der Waals surface area (Å²) in [5.41, 5.74) is 1.31. The molecule has 2 aromatic carbocycles. The molecule has 0 aliphatic rings. The first-order valence-electron chi connectivity index (χ1n) is 7.54. The van der Waals surface area contributed by atoms with Crippen molar-refractivity contribution in [3.05, 3.63) is 63.6 Å². The number of para-hydroxylation sites is 1. The molecular weight excluding hydrogens is 365 g/mol. The van der Waals surface area contributed by atoms with Gasteiger partial charge in [0, 0.05) is 5.56 Å². The Morgan fingerprint density at radius 1 is 1.04 bits per heavy atom. The van der Waals surface area contributed by atoms with Crippen LogP contribution in [0.3, 0.4) is 0 Å². The first kappa shape index (κ1) is 19.1. The first-order chi connectivity index (χ1) is 12.0. The van der Waals surface area contributed by atoms with Gasteiger partial charge in [0.1, 0.15) is 25.5 Å². The Bertz CT molecular complexity index is 764. The van der Waals surface area contributed by atoms with Crippen LogP contribution in [0.15, 0.2) is 42.5 Å². The quantitative estimate of drug-likeness (QED) is 0.587. The molecule has 0 aromatic heterocycles. The summed E-state index contributed by atoms with van der Waals surface area (Å²) in [6, 6.07) is 12.0. The van der Waals surface area contributed by atoms with Gasteiger partial charge >= 0.3 is 5.97 Å². The topological polar surface area (TPSA) is 64.6 Å². The van der Waals surface area contributed by atoms with Crippen LogP contribution in [-0.4, -0.2) is 31.6 Å². The number of esters is 1. The lowest BCUT2D eigenvalue weighted by Gasteiger charge is -2.10. The number of ether oxygens (including phenoxy) is 2. The monoisotopic (exact) mass is 381 g/mol. The van der Waals surface area contributed by atoms with E-state index in [2.05, 4.69) is 5.32 Å². The smallest absolute Gasteiger partial charge is 0.325 e. The van der Waals surface area contributed by atoms with Gasteiger partial charge in [-0.25, -0.2) is 0 Å². The molecule has 0 saturated heterocycles. The summed E-state index contributed by atoms with van der Waals surface area (Å²) < 4.78 is 10.5. The van der Waals surface area contributed by atoms with Crippen molar-refractivity contribution >= 4 is 35.1 Å². The molecule has 25 heavy (non-hydrogen) atoms. The number of halogens is 2. The lowest BCUT2D eigenvalue weighted by molar-refractivity contribution is -0.143. The van der Waals surface area contributed by atoms with E-state index in [1.807, 2.05) is 31.2 Å². The van der Waals surface area contributed by atoms with Crippen molar-refractivity contribution in [1.82, 2.24) is 5.32 Å². The summed E-state index contributed by atoms with van der Waals surface area (Å²) in [7, 11) is 0. The molecule has 1 N–H and O–H groups in total. The average molecular weight is 382 g/mol. The summed E-state index contributed by atoms with van der Waals surface area (Å²) in [4.78, 5) is 23.6. The molecule has 0 spiro atoms. The maximum absolute atomic E-state index is 11.9. The number of hydrogen-bond donors (Lipinski definition) is 1. The van der Waals surface area contributed by atoms with Gasteiger partial charge in [0.05, 0.1) is 10.0 Å². The fraction of sp³-hybridized carbons (Fsp3) is 0.222. The van der Waals surface area contributed by atoms with Gasteiger partial charge in [-0.15, -0.1) is 0 Å². The van der Waals surface area contributed by atoms with Crippen molar-refractivity contribution < 1.29 is 19.1 Å². The molecule has 0 aliphatic heterocycles. The molecular formula is C18H17Cl2NO4. The minimum atomic E-state index is -0.554. The van der Waals surface area contributed by atoms with Crippen molar-refractivity contribution in [3.63, 3.8) is 0 Å². The highest BCUT2D eigenvalue weighted by molar-refractivity contribution is 6.42. The van der Waals surface area contributed by atoms with Crippen LogP contribution in [0.5, 0.6) is 5.75 Å². The van der Waals surface area contributed by atoms with E-state index in [0.29, 0.717) is 10.6 Å². The van der Waals surface area contributed by atoms with Crippen LogP contribution in [0.2, 0.25) is 10.0 Å². The number of nitrogens with one attached hydrogen (secondary N) is 1. The summed E-state index contributed by atoms with van der Waals surface area (Å²) in [5.74, 6) is -0.250. The highest BCUT2D eigenvalue weighted by Crippen LogP contribution is 2.22. The molecule has 0 heterocycles. The van der Waals surface area contributed by atoms with E-state index in [-0.39, 0.29) is 24.8 Å². The number of benzene rings is 2. The van der Waals surface area contributed by atoms with Gasteiger partial charge < -0.3 is 14.8 Å². The SMILES string of the molecule is Cc1ccccc1OCCOC(=O)CNC(=O)c1ccc(Cl)c(Cl)c1. The predicted molar refractivity (Wildman–Crippen MR) is 96.4 cm³/mol. The van der Waals surface area contributed by atoms with E-state index in [0.717, 1.165) is 11.3 Å². The minimum absolute atomic E-state index is 0.0931. The van der Waals surface area contributed by atoms with Gasteiger partial charge in [0.2, 0.25) is 0 Å². The third-order valence-corrected chi connectivity index (χ3v) is 4.01. The Hall–Kier alpha value is -2.24. The largest absolute Gasteiger partial charge is 0.490 e. The fourth-order valence-corrected chi connectivity index (χ4v) is 2.27. The number of carbonyl (C=O) groups excluding carboxylic acids is 2. The summed E-state index contributed by atoms with van der Waals surface area (Å²) in [6.07, 6.45) is 0. The molecule has 0 aliphatic carbocycles. The minimum Gasteiger partial charge on any atom is -0.490 e. The van der Waals surface area contributed by atoms with Gasteiger partial charge in [-0.05, 0) is 36.8 Å². The molecule has 0 saturated carbocycles. The Morgan fingerprint density at radius 2 is 1.80 bits per heavy atom. The second-order valence-corrected chi connectivity index (χ2v) is 5.96. The average Bonchev–Trinajstić information content (AvgIpc) is 2.60. The number of carbonyl (C=O) groups is 2. The van der Waals surface area contributed by atoms with E-state index < -0.39 is 11.9 Å². The van der Waals surface area contributed by atoms with Crippen LogP contribution in [0.1, 0.15) is 15.9 Å². The van der Waals surface area contributed by atoms with E-state index in [4.69, 9.17) is 32.7 Å². The molecule has 0 atom stereocenters. The molecule has 0 fully saturated rings. The third-order valence-electron chi connectivity index (χ3n) is 3.27. The van der Waals surface area contributed by atoms with Crippen molar-refractivity contribution in [2.75, 3.05) is 19.8 Å². The van der Waals surface area contributed by atoms with Crippen molar-refractivity contribution in [1.29, 1.82) is 0 Å².